The highest BCUT2D eigenvalue weighted by Gasteiger charge is 2.03. The van der Waals surface area contributed by atoms with Crippen molar-refractivity contribution in [3.63, 3.8) is 0 Å². The molecule has 0 amide bonds. The Kier molecular flexibility index (Phi) is 3.27. The highest BCUT2D eigenvalue weighted by atomic mass is 14.9. The molecule has 3 heteroatoms. The van der Waals surface area contributed by atoms with Gasteiger partial charge < -0.3 is 5.73 Å². The first kappa shape index (κ1) is 10.8. The monoisotopic (exact) mass is 213 g/mol. The molecule has 0 bridgehead atoms. The molecule has 3 nitrogen and oxygen atoms in total. The molecule has 16 heavy (non-hydrogen) atoms. The summed E-state index contributed by atoms with van der Waals surface area (Å²) in [6, 6.07) is 12.1. The third kappa shape index (κ3) is 2.44. The Bertz CT molecular complexity index is 466. The van der Waals surface area contributed by atoms with Crippen molar-refractivity contribution in [3.05, 3.63) is 47.9 Å². The Morgan fingerprint density at radius 1 is 1.12 bits per heavy atom. The first-order valence-corrected chi connectivity index (χ1v) is 5.39. The summed E-state index contributed by atoms with van der Waals surface area (Å²) in [6.07, 6.45) is 0.795. The molecule has 0 aliphatic carbocycles. The Morgan fingerprint density at radius 3 is 2.56 bits per heavy atom. The van der Waals surface area contributed by atoms with E-state index in [0.717, 1.165) is 29.2 Å². The summed E-state index contributed by atoms with van der Waals surface area (Å²) in [7, 11) is 0. The van der Waals surface area contributed by atoms with E-state index in [2.05, 4.69) is 9.97 Å². The Balaban J connectivity index is 2.41. The molecular weight excluding hydrogens is 198 g/mol. The molecule has 1 aromatic carbocycles. The summed E-state index contributed by atoms with van der Waals surface area (Å²) < 4.78 is 0. The predicted molar refractivity (Wildman–Crippen MR) is 65.0 cm³/mol. The molecule has 0 saturated heterocycles. The number of hydrogen-bond donors (Lipinski definition) is 1. The molecule has 0 radical (unpaired) electrons. The van der Waals surface area contributed by atoms with Gasteiger partial charge in [0.15, 0.2) is 0 Å². The van der Waals surface area contributed by atoms with Gasteiger partial charge in [0.2, 0.25) is 0 Å². The third-order valence-corrected chi connectivity index (χ3v) is 2.36. The van der Waals surface area contributed by atoms with E-state index < -0.39 is 0 Å². The maximum Gasteiger partial charge on any atom is 0.126 e. The van der Waals surface area contributed by atoms with Gasteiger partial charge in [0.1, 0.15) is 5.82 Å². The summed E-state index contributed by atoms with van der Waals surface area (Å²) in [6.45, 7) is 2.52. The van der Waals surface area contributed by atoms with Gasteiger partial charge in [-0.2, -0.15) is 0 Å². The molecule has 0 spiro atoms. The molecular formula is C13H15N3. The van der Waals surface area contributed by atoms with Crippen molar-refractivity contribution in [2.24, 2.45) is 5.73 Å². The van der Waals surface area contributed by atoms with Crippen LogP contribution in [0.5, 0.6) is 0 Å². The average molecular weight is 213 g/mol. The van der Waals surface area contributed by atoms with Crippen molar-refractivity contribution in [2.45, 2.75) is 13.3 Å². The van der Waals surface area contributed by atoms with E-state index in [1.807, 2.05) is 43.3 Å². The maximum absolute atomic E-state index is 5.54. The molecule has 0 aliphatic heterocycles. The van der Waals surface area contributed by atoms with Crippen molar-refractivity contribution in [2.75, 3.05) is 6.54 Å². The lowest BCUT2D eigenvalue weighted by atomic mass is 10.1. The molecule has 2 rings (SSSR count). The molecule has 82 valence electrons. The van der Waals surface area contributed by atoms with E-state index >= 15 is 0 Å². The normalized spacial score (nSPS) is 10.4. The second-order valence-electron chi connectivity index (χ2n) is 3.70. The molecule has 1 aromatic heterocycles. The van der Waals surface area contributed by atoms with Gasteiger partial charge in [-0.05, 0) is 19.5 Å². The van der Waals surface area contributed by atoms with Gasteiger partial charge >= 0.3 is 0 Å². The van der Waals surface area contributed by atoms with Crippen LogP contribution >= 0.6 is 0 Å². The van der Waals surface area contributed by atoms with Crippen molar-refractivity contribution in [1.29, 1.82) is 0 Å². The van der Waals surface area contributed by atoms with Crippen LogP contribution in [0.15, 0.2) is 36.4 Å². The van der Waals surface area contributed by atoms with Crippen molar-refractivity contribution in [3.8, 4) is 11.3 Å². The Hall–Kier alpha value is -1.74. The summed E-state index contributed by atoms with van der Waals surface area (Å²) in [5, 5.41) is 0. The summed E-state index contributed by atoms with van der Waals surface area (Å²) >= 11 is 0. The van der Waals surface area contributed by atoms with Crippen LogP contribution in [-0.4, -0.2) is 16.5 Å². The van der Waals surface area contributed by atoms with E-state index in [1.165, 1.54) is 0 Å². The first-order valence-electron chi connectivity index (χ1n) is 5.39. The molecule has 0 fully saturated rings. The number of rotatable bonds is 3. The summed E-state index contributed by atoms with van der Waals surface area (Å²) in [5.74, 6) is 0.796. The van der Waals surface area contributed by atoms with Gasteiger partial charge in [-0.1, -0.05) is 30.3 Å². The van der Waals surface area contributed by atoms with Gasteiger partial charge in [-0.25, -0.2) is 9.97 Å². The Labute approximate surface area is 95.4 Å². The van der Waals surface area contributed by atoms with Gasteiger partial charge in [0, 0.05) is 17.7 Å². The van der Waals surface area contributed by atoms with Crippen LogP contribution in [0.25, 0.3) is 11.3 Å². The van der Waals surface area contributed by atoms with Gasteiger partial charge in [-0.3, -0.25) is 0 Å². The lowest BCUT2D eigenvalue weighted by Gasteiger charge is -2.05. The zero-order valence-corrected chi connectivity index (χ0v) is 9.35. The van der Waals surface area contributed by atoms with Crippen LogP contribution < -0.4 is 5.73 Å². The molecule has 2 aromatic rings. The molecule has 0 atom stereocenters. The van der Waals surface area contributed by atoms with Crippen molar-refractivity contribution in [1.82, 2.24) is 9.97 Å². The summed E-state index contributed by atoms with van der Waals surface area (Å²) in [4.78, 5) is 8.79. The largest absolute Gasteiger partial charge is 0.330 e. The first-order chi connectivity index (χ1) is 7.79. The highest BCUT2D eigenvalue weighted by Crippen LogP contribution is 2.17. The lowest BCUT2D eigenvalue weighted by Crippen LogP contribution is -2.06. The fourth-order valence-corrected chi connectivity index (χ4v) is 1.66. The SMILES string of the molecule is Cc1nc(CCN)cc(-c2ccccc2)n1. The minimum Gasteiger partial charge on any atom is -0.330 e. The van der Waals surface area contributed by atoms with Crippen LogP contribution in [0.1, 0.15) is 11.5 Å². The molecule has 1 heterocycles. The van der Waals surface area contributed by atoms with Gasteiger partial charge in [0.05, 0.1) is 5.69 Å². The molecule has 2 N–H and O–H groups in total. The number of aromatic nitrogens is 2. The van der Waals surface area contributed by atoms with Gasteiger partial charge in [0.25, 0.3) is 0 Å². The molecule has 0 unspecified atom stereocenters. The van der Waals surface area contributed by atoms with Crippen LogP contribution in [0.2, 0.25) is 0 Å². The fourth-order valence-electron chi connectivity index (χ4n) is 1.66. The van der Waals surface area contributed by atoms with Crippen LogP contribution in [0.4, 0.5) is 0 Å². The quantitative estimate of drug-likeness (QED) is 0.847. The van der Waals surface area contributed by atoms with Crippen molar-refractivity contribution < 1.29 is 0 Å². The van der Waals surface area contributed by atoms with Crippen LogP contribution in [-0.2, 0) is 6.42 Å². The fraction of sp³-hybridized carbons (Fsp3) is 0.231. The average Bonchev–Trinajstić information content (AvgIpc) is 2.30. The Morgan fingerprint density at radius 2 is 1.88 bits per heavy atom. The lowest BCUT2D eigenvalue weighted by molar-refractivity contribution is 0.890. The minimum absolute atomic E-state index is 0.616. The second kappa shape index (κ2) is 4.86. The van der Waals surface area contributed by atoms with E-state index in [4.69, 9.17) is 5.73 Å². The number of nitrogens with two attached hydrogens (primary N) is 1. The summed E-state index contributed by atoms with van der Waals surface area (Å²) in [5.41, 5.74) is 8.63. The topological polar surface area (TPSA) is 51.8 Å². The van der Waals surface area contributed by atoms with Gasteiger partial charge in [-0.15, -0.1) is 0 Å². The number of benzene rings is 1. The number of aryl methyl sites for hydroxylation is 1. The van der Waals surface area contributed by atoms with Crippen LogP contribution in [0, 0.1) is 6.92 Å². The highest BCUT2D eigenvalue weighted by molar-refractivity contribution is 5.59. The zero-order valence-electron chi connectivity index (χ0n) is 9.35. The van der Waals surface area contributed by atoms with E-state index in [0.29, 0.717) is 6.54 Å². The van der Waals surface area contributed by atoms with Crippen LogP contribution in [0.3, 0.4) is 0 Å². The zero-order chi connectivity index (χ0) is 11.4. The molecule has 0 saturated carbocycles. The number of hydrogen-bond acceptors (Lipinski definition) is 3. The van der Waals surface area contributed by atoms with Crippen molar-refractivity contribution >= 4 is 0 Å². The number of nitrogens with zero attached hydrogens (tertiary/aromatic N) is 2. The maximum atomic E-state index is 5.54. The molecule has 0 aliphatic rings. The second-order valence-corrected chi connectivity index (χ2v) is 3.70. The standard InChI is InChI=1S/C13H15N3/c1-10-15-12(7-8-14)9-13(16-10)11-5-3-2-4-6-11/h2-6,9H,7-8,14H2,1H3. The minimum atomic E-state index is 0.616. The van der Waals surface area contributed by atoms with E-state index in [1.54, 1.807) is 0 Å². The van der Waals surface area contributed by atoms with E-state index in [9.17, 15) is 0 Å². The smallest absolute Gasteiger partial charge is 0.126 e. The third-order valence-electron chi connectivity index (χ3n) is 2.36. The van der Waals surface area contributed by atoms with E-state index in [-0.39, 0.29) is 0 Å². The predicted octanol–water partition coefficient (Wildman–Crippen LogP) is 1.95.